The predicted molar refractivity (Wildman–Crippen MR) is 105 cm³/mol. The number of aromatic amines is 1. The molecule has 1 aromatic carbocycles. The second-order valence-electron chi connectivity index (χ2n) is 8.24. The molecule has 6 rings (SSSR count). The molecule has 4 aliphatic rings. The average molecular weight is 382 g/mol. The highest BCUT2D eigenvalue weighted by Gasteiger charge is 2.61. The summed E-state index contributed by atoms with van der Waals surface area (Å²) < 4.78 is 0. The van der Waals surface area contributed by atoms with Crippen molar-refractivity contribution < 1.29 is 9.59 Å². The van der Waals surface area contributed by atoms with Crippen molar-refractivity contribution in [1.29, 1.82) is 0 Å². The van der Waals surface area contributed by atoms with Gasteiger partial charge in [-0.1, -0.05) is 6.07 Å². The van der Waals surface area contributed by atoms with Crippen LogP contribution in [-0.4, -0.2) is 59.4 Å². The van der Waals surface area contributed by atoms with Gasteiger partial charge in [0, 0.05) is 32.6 Å². The van der Waals surface area contributed by atoms with Gasteiger partial charge in [0.15, 0.2) is 0 Å². The highest BCUT2D eigenvalue weighted by molar-refractivity contribution is 6.04. The molecule has 3 aliphatic heterocycles. The van der Waals surface area contributed by atoms with Crippen molar-refractivity contribution in [2.24, 2.45) is 17.6 Å². The fourth-order valence-electron chi connectivity index (χ4n) is 5.31. The molecule has 8 heteroatoms. The van der Waals surface area contributed by atoms with Gasteiger partial charge in [0.25, 0.3) is 5.91 Å². The summed E-state index contributed by atoms with van der Waals surface area (Å²) in [6, 6.07) is 5.45. The molecule has 2 bridgehead atoms. The van der Waals surface area contributed by atoms with Gasteiger partial charge < -0.3 is 26.3 Å². The van der Waals surface area contributed by atoms with Gasteiger partial charge in [-0.3, -0.25) is 9.59 Å². The lowest BCUT2D eigenvalue weighted by atomic mass is 9.61. The monoisotopic (exact) mass is 382 g/mol. The van der Waals surface area contributed by atoms with E-state index in [0.29, 0.717) is 29.3 Å². The van der Waals surface area contributed by atoms with E-state index >= 15 is 0 Å². The minimum absolute atomic E-state index is 0.220. The van der Waals surface area contributed by atoms with E-state index in [9.17, 15) is 9.59 Å². The number of nitrogens with one attached hydrogen (secondary N) is 3. The number of H-pyrrole nitrogens is 1. The molecule has 4 heterocycles. The lowest BCUT2D eigenvalue weighted by Gasteiger charge is -2.45. The molecular weight excluding hydrogens is 356 g/mol. The molecule has 3 saturated heterocycles. The number of carbonyl (C=O) groups excluding carboxylic acids is 2. The first-order chi connectivity index (χ1) is 13.6. The zero-order valence-electron chi connectivity index (χ0n) is 15.8. The molecular formula is C20H26N6O2. The summed E-state index contributed by atoms with van der Waals surface area (Å²) in [6.45, 7) is 4.31. The minimum atomic E-state index is -0.467. The third-order valence-electron chi connectivity index (χ3n) is 6.81. The number of rotatable bonds is 5. The van der Waals surface area contributed by atoms with Crippen molar-refractivity contribution in [2.75, 3.05) is 32.7 Å². The number of nitrogens with two attached hydrogens (primary N) is 1. The van der Waals surface area contributed by atoms with Gasteiger partial charge in [-0.05, 0) is 43.4 Å². The fourth-order valence-corrected chi connectivity index (χ4v) is 5.31. The van der Waals surface area contributed by atoms with E-state index in [1.54, 1.807) is 6.07 Å². The molecule has 4 fully saturated rings. The number of primary amides is 1. The number of imidazole rings is 1. The first-order valence-corrected chi connectivity index (χ1v) is 10.1. The van der Waals surface area contributed by atoms with Crippen LogP contribution in [0, 0.1) is 11.8 Å². The van der Waals surface area contributed by atoms with Gasteiger partial charge in [0.2, 0.25) is 5.91 Å². The van der Waals surface area contributed by atoms with Crippen molar-refractivity contribution in [2.45, 2.75) is 24.8 Å². The first kappa shape index (κ1) is 17.6. The van der Waals surface area contributed by atoms with Gasteiger partial charge in [-0.25, -0.2) is 4.98 Å². The molecule has 2 aromatic rings. The van der Waals surface area contributed by atoms with Crippen LogP contribution in [0.5, 0.6) is 0 Å². The van der Waals surface area contributed by atoms with E-state index in [4.69, 9.17) is 10.7 Å². The smallest absolute Gasteiger partial charge is 0.250 e. The van der Waals surface area contributed by atoms with Crippen LogP contribution in [0.2, 0.25) is 0 Å². The Hall–Kier alpha value is -2.45. The van der Waals surface area contributed by atoms with Crippen molar-refractivity contribution in [1.82, 2.24) is 25.5 Å². The standard InChI is InChI=1S/C20H26N6O2/c21-18(28)13-2-1-3-15-17(13)25-19(24-15)20-10-12(11-23-20)14(20)4-5-16(27)26-8-6-22-7-9-26/h1-3,12,14,22-23H,4-11H2,(H2,21,28)(H,24,25)/t12?,14?,20-/m1/s1. The molecule has 5 N–H and O–H groups in total. The van der Waals surface area contributed by atoms with Crippen molar-refractivity contribution in [3.05, 3.63) is 29.6 Å². The van der Waals surface area contributed by atoms with Gasteiger partial charge >= 0.3 is 0 Å². The normalized spacial score (nSPS) is 29.1. The van der Waals surface area contributed by atoms with Gasteiger partial charge in [0.05, 0.1) is 16.6 Å². The number of carbonyl (C=O) groups is 2. The number of para-hydroxylation sites is 1. The average Bonchev–Trinajstić information content (AvgIpc) is 3.41. The molecule has 2 unspecified atom stereocenters. The maximum absolute atomic E-state index is 12.6. The third kappa shape index (κ3) is 2.62. The molecule has 1 aromatic heterocycles. The number of fused-ring (bicyclic) bond motifs is 2. The Bertz CT molecular complexity index is 930. The van der Waals surface area contributed by atoms with Crippen molar-refractivity contribution in [3.63, 3.8) is 0 Å². The molecule has 2 amide bonds. The highest BCUT2D eigenvalue weighted by atomic mass is 16.2. The SMILES string of the molecule is NC(=O)c1cccc2[nH]c([C@]34CC(CN3)C4CCC(=O)N3CCNCC3)nc12. The molecule has 28 heavy (non-hydrogen) atoms. The summed E-state index contributed by atoms with van der Waals surface area (Å²) in [7, 11) is 0. The van der Waals surface area contributed by atoms with E-state index in [0.717, 1.165) is 56.9 Å². The van der Waals surface area contributed by atoms with E-state index < -0.39 is 5.91 Å². The van der Waals surface area contributed by atoms with Crippen molar-refractivity contribution in [3.8, 4) is 0 Å². The Balaban J connectivity index is 1.36. The molecule has 3 atom stereocenters. The Morgan fingerprint density at radius 3 is 2.86 bits per heavy atom. The second-order valence-corrected chi connectivity index (χ2v) is 8.24. The first-order valence-electron chi connectivity index (χ1n) is 10.1. The number of nitrogens with zero attached hydrogens (tertiary/aromatic N) is 2. The summed E-state index contributed by atoms with van der Waals surface area (Å²) in [4.78, 5) is 34.5. The van der Waals surface area contributed by atoms with E-state index in [2.05, 4.69) is 15.6 Å². The number of benzene rings is 1. The van der Waals surface area contributed by atoms with Crippen LogP contribution in [0.15, 0.2) is 18.2 Å². The largest absolute Gasteiger partial charge is 0.366 e. The van der Waals surface area contributed by atoms with Gasteiger partial charge in [0.1, 0.15) is 11.3 Å². The van der Waals surface area contributed by atoms with Crippen LogP contribution >= 0.6 is 0 Å². The molecule has 0 radical (unpaired) electrons. The summed E-state index contributed by atoms with van der Waals surface area (Å²) in [5.74, 6) is 1.62. The van der Waals surface area contributed by atoms with Crippen molar-refractivity contribution >= 4 is 22.8 Å². The lowest BCUT2D eigenvalue weighted by molar-refractivity contribution is -0.132. The van der Waals surface area contributed by atoms with Crippen LogP contribution in [0.1, 0.15) is 35.4 Å². The zero-order valence-corrected chi connectivity index (χ0v) is 15.8. The number of hydrogen-bond acceptors (Lipinski definition) is 5. The summed E-state index contributed by atoms with van der Waals surface area (Å²) >= 11 is 0. The van der Waals surface area contributed by atoms with Crippen LogP contribution in [-0.2, 0) is 10.3 Å². The quantitative estimate of drug-likeness (QED) is 0.594. The Labute approximate surface area is 163 Å². The number of hydrogen-bond donors (Lipinski definition) is 4. The Morgan fingerprint density at radius 2 is 2.11 bits per heavy atom. The zero-order chi connectivity index (χ0) is 19.3. The second kappa shape index (κ2) is 6.56. The number of amides is 2. The molecule has 148 valence electrons. The minimum Gasteiger partial charge on any atom is -0.366 e. The topological polar surface area (TPSA) is 116 Å². The Kier molecular flexibility index (Phi) is 4.13. The van der Waals surface area contributed by atoms with Crippen LogP contribution in [0.4, 0.5) is 0 Å². The van der Waals surface area contributed by atoms with E-state index in [1.807, 2.05) is 17.0 Å². The number of aromatic nitrogens is 2. The molecule has 0 spiro atoms. The summed E-state index contributed by atoms with van der Waals surface area (Å²) in [5, 5.41) is 6.93. The van der Waals surface area contributed by atoms with E-state index in [-0.39, 0.29) is 11.4 Å². The van der Waals surface area contributed by atoms with E-state index in [1.165, 1.54) is 0 Å². The molecule has 8 nitrogen and oxygen atoms in total. The van der Waals surface area contributed by atoms with Gasteiger partial charge in [-0.15, -0.1) is 0 Å². The fraction of sp³-hybridized carbons (Fsp3) is 0.550. The molecule has 1 saturated carbocycles. The lowest BCUT2D eigenvalue weighted by Crippen LogP contribution is -2.51. The maximum atomic E-state index is 12.6. The molecule has 1 aliphatic carbocycles. The summed E-state index contributed by atoms with van der Waals surface area (Å²) in [6.07, 6.45) is 2.46. The maximum Gasteiger partial charge on any atom is 0.250 e. The van der Waals surface area contributed by atoms with Gasteiger partial charge in [-0.2, -0.15) is 0 Å². The van der Waals surface area contributed by atoms with Crippen LogP contribution in [0.3, 0.4) is 0 Å². The summed E-state index contributed by atoms with van der Waals surface area (Å²) in [5.41, 5.74) is 7.19. The van der Waals surface area contributed by atoms with Crippen LogP contribution < -0.4 is 16.4 Å². The predicted octanol–water partition coefficient (Wildman–Crippen LogP) is 0.308. The highest BCUT2D eigenvalue weighted by Crippen LogP contribution is 2.57. The Morgan fingerprint density at radius 1 is 1.29 bits per heavy atom. The van der Waals surface area contributed by atoms with Crippen LogP contribution in [0.25, 0.3) is 11.0 Å². The third-order valence-corrected chi connectivity index (χ3v) is 6.81. The number of piperazine rings is 1.